The fourth-order valence-corrected chi connectivity index (χ4v) is 4.01. The molecule has 1 aliphatic heterocycles. The molecule has 0 saturated carbocycles. The maximum Gasteiger partial charge on any atom is 0.230 e. The van der Waals surface area contributed by atoms with E-state index in [0.717, 1.165) is 28.6 Å². The van der Waals surface area contributed by atoms with Crippen molar-refractivity contribution in [2.24, 2.45) is 0 Å². The van der Waals surface area contributed by atoms with Crippen molar-refractivity contribution in [3.8, 4) is 11.4 Å². The molecule has 0 bridgehead atoms. The minimum atomic E-state index is -0.000400. The molecule has 1 aromatic heterocycles. The third kappa shape index (κ3) is 4.01. The maximum absolute atomic E-state index is 12.5. The number of aryl methyl sites for hydroxylation is 1. The smallest absolute Gasteiger partial charge is 0.230 e. The van der Waals surface area contributed by atoms with E-state index < -0.39 is 0 Å². The summed E-state index contributed by atoms with van der Waals surface area (Å²) in [5, 5.41) is 3.94. The first-order valence-corrected chi connectivity index (χ1v) is 9.93. The molecule has 6 heteroatoms. The second-order valence-electron chi connectivity index (χ2n) is 6.50. The number of amides is 1. The van der Waals surface area contributed by atoms with Gasteiger partial charge < -0.3 is 10.1 Å². The van der Waals surface area contributed by atoms with Crippen LogP contribution in [-0.4, -0.2) is 27.8 Å². The highest BCUT2D eigenvalue weighted by atomic mass is 32.2. The molecule has 1 atom stereocenters. The van der Waals surface area contributed by atoms with Gasteiger partial charge in [0.25, 0.3) is 0 Å². The minimum Gasteiger partial charge on any atom is -0.493 e. The van der Waals surface area contributed by atoms with Gasteiger partial charge in [-0.2, -0.15) is 0 Å². The lowest BCUT2D eigenvalue weighted by atomic mass is 10.0. The van der Waals surface area contributed by atoms with Gasteiger partial charge in [-0.3, -0.25) is 9.36 Å². The molecule has 1 unspecified atom stereocenters. The Kier molecular flexibility index (Phi) is 5.16. The number of hydrogen-bond acceptors (Lipinski definition) is 4. The number of nitrogens with one attached hydrogen (secondary N) is 1. The van der Waals surface area contributed by atoms with Crippen LogP contribution in [0.1, 0.15) is 23.6 Å². The number of fused-ring (bicyclic) bond motifs is 1. The molecule has 0 aliphatic carbocycles. The van der Waals surface area contributed by atoms with Crippen LogP contribution in [0.25, 0.3) is 5.69 Å². The van der Waals surface area contributed by atoms with E-state index in [9.17, 15) is 4.79 Å². The Morgan fingerprint density at radius 2 is 2.19 bits per heavy atom. The SMILES string of the molecule is Cc1cccc(-n2ccnc2SCC(=O)NC2CCOc3ccccc32)c1. The highest BCUT2D eigenvalue weighted by Crippen LogP contribution is 2.31. The molecule has 0 fully saturated rings. The molecule has 5 nitrogen and oxygen atoms in total. The van der Waals surface area contributed by atoms with Gasteiger partial charge in [0, 0.05) is 30.1 Å². The molecule has 3 aromatic rings. The van der Waals surface area contributed by atoms with Crippen molar-refractivity contribution in [2.45, 2.75) is 24.5 Å². The quantitative estimate of drug-likeness (QED) is 0.683. The van der Waals surface area contributed by atoms with Crippen LogP contribution >= 0.6 is 11.8 Å². The van der Waals surface area contributed by atoms with E-state index in [4.69, 9.17) is 4.74 Å². The number of hydrogen-bond donors (Lipinski definition) is 1. The molecular formula is C21H21N3O2S. The molecular weight excluding hydrogens is 358 g/mol. The third-order valence-electron chi connectivity index (χ3n) is 4.51. The van der Waals surface area contributed by atoms with Crippen LogP contribution < -0.4 is 10.1 Å². The highest BCUT2D eigenvalue weighted by molar-refractivity contribution is 7.99. The summed E-state index contributed by atoms with van der Waals surface area (Å²) in [4.78, 5) is 16.9. The summed E-state index contributed by atoms with van der Waals surface area (Å²) in [6.45, 7) is 2.68. The number of rotatable bonds is 5. The van der Waals surface area contributed by atoms with Crippen LogP contribution in [0, 0.1) is 6.92 Å². The number of carbonyl (C=O) groups is 1. The number of thioether (sulfide) groups is 1. The second-order valence-corrected chi connectivity index (χ2v) is 7.45. The molecule has 1 aliphatic rings. The van der Waals surface area contributed by atoms with Crippen LogP contribution in [-0.2, 0) is 4.79 Å². The number of nitrogens with zero attached hydrogens (tertiary/aromatic N) is 2. The lowest BCUT2D eigenvalue weighted by Gasteiger charge is -2.26. The highest BCUT2D eigenvalue weighted by Gasteiger charge is 2.22. The first kappa shape index (κ1) is 17.7. The average Bonchev–Trinajstić information content (AvgIpc) is 3.15. The summed E-state index contributed by atoms with van der Waals surface area (Å²) in [5.41, 5.74) is 3.28. The van der Waals surface area contributed by atoms with Gasteiger partial charge in [-0.1, -0.05) is 42.1 Å². The standard InChI is InChI=1S/C21H21N3O2S/c1-15-5-4-6-16(13-15)24-11-10-22-21(24)27-14-20(25)23-18-9-12-26-19-8-3-2-7-17(18)19/h2-8,10-11,13,18H,9,12,14H2,1H3,(H,23,25). The molecule has 0 spiro atoms. The summed E-state index contributed by atoms with van der Waals surface area (Å²) >= 11 is 1.44. The van der Waals surface area contributed by atoms with Gasteiger partial charge in [-0.15, -0.1) is 0 Å². The fourth-order valence-electron chi connectivity index (χ4n) is 3.23. The number of carbonyl (C=O) groups excluding carboxylic acids is 1. The lowest BCUT2D eigenvalue weighted by molar-refractivity contribution is -0.119. The molecule has 2 aromatic carbocycles. The van der Waals surface area contributed by atoms with Gasteiger partial charge in [0.1, 0.15) is 5.75 Å². The molecule has 0 saturated heterocycles. The van der Waals surface area contributed by atoms with E-state index in [1.54, 1.807) is 6.20 Å². The predicted molar refractivity (Wildman–Crippen MR) is 106 cm³/mol. The second kappa shape index (κ2) is 7.88. The molecule has 27 heavy (non-hydrogen) atoms. The van der Waals surface area contributed by atoms with Gasteiger partial charge in [0.15, 0.2) is 5.16 Å². The summed E-state index contributed by atoms with van der Waals surface area (Å²) in [6.07, 6.45) is 4.46. The lowest BCUT2D eigenvalue weighted by Crippen LogP contribution is -2.33. The molecule has 138 valence electrons. The van der Waals surface area contributed by atoms with Crippen molar-refractivity contribution in [3.63, 3.8) is 0 Å². The van der Waals surface area contributed by atoms with Gasteiger partial charge >= 0.3 is 0 Å². The van der Waals surface area contributed by atoms with E-state index in [1.165, 1.54) is 17.3 Å². The summed E-state index contributed by atoms with van der Waals surface area (Å²) in [7, 11) is 0. The van der Waals surface area contributed by atoms with Crippen molar-refractivity contribution >= 4 is 17.7 Å². The first-order valence-electron chi connectivity index (χ1n) is 8.95. The number of benzene rings is 2. The zero-order chi connectivity index (χ0) is 18.6. The Morgan fingerprint density at radius 3 is 3.07 bits per heavy atom. The Labute approximate surface area is 162 Å². The van der Waals surface area contributed by atoms with Gasteiger partial charge in [0.05, 0.1) is 18.4 Å². The topological polar surface area (TPSA) is 56.2 Å². The van der Waals surface area contributed by atoms with E-state index in [1.807, 2.05) is 47.2 Å². The Bertz CT molecular complexity index is 954. The van der Waals surface area contributed by atoms with Gasteiger partial charge in [-0.05, 0) is 30.7 Å². The van der Waals surface area contributed by atoms with E-state index in [2.05, 4.69) is 29.4 Å². The summed E-state index contributed by atoms with van der Waals surface area (Å²) < 4.78 is 7.67. The molecule has 0 radical (unpaired) electrons. The predicted octanol–water partition coefficient (Wildman–Crippen LogP) is 3.91. The third-order valence-corrected chi connectivity index (χ3v) is 5.48. The fraction of sp³-hybridized carbons (Fsp3) is 0.238. The average molecular weight is 379 g/mol. The molecule has 1 amide bonds. The molecule has 1 N–H and O–H groups in total. The largest absolute Gasteiger partial charge is 0.493 e. The van der Waals surface area contributed by atoms with Crippen molar-refractivity contribution in [1.29, 1.82) is 0 Å². The Morgan fingerprint density at radius 1 is 1.30 bits per heavy atom. The van der Waals surface area contributed by atoms with Crippen molar-refractivity contribution in [3.05, 3.63) is 72.1 Å². The van der Waals surface area contributed by atoms with Crippen molar-refractivity contribution in [1.82, 2.24) is 14.9 Å². The number of aromatic nitrogens is 2. The van der Waals surface area contributed by atoms with E-state index in [-0.39, 0.29) is 11.9 Å². The summed E-state index contributed by atoms with van der Waals surface area (Å²) in [6, 6.07) is 16.1. The summed E-state index contributed by atoms with van der Waals surface area (Å²) in [5.74, 6) is 1.18. The maximum atomic E-state index is 12.5. The zero-order valence-electron chi connectivity index (χ0n) is 15.1. The van der Waals surface area contributed by atoms with Crippen molar-refractivity contribution in [2.75, 3.05) is 12.4 Å². The monoisotopic (exact) mass is 379 g/mol. The first-order chi connectivity index (χ1) is 13.2. The van der Waals surface area contributed by atoms with Gasteiger partial charge in [0.2, 0.25) is 5.91 Å². The van der Waals surface area contributed by atoms with Crippen LogP contribution in [0.4, 0.5) is 0 Å². The molecule has 4 rings (SSSR count). The Balaban J connectivity index is 1.41. The number of para-hydroxylation sites is 1. The van der Waals surface area contributed by atoms with Crippen molar-refractivity contribution < 1.29 is 9.53 Å². The zero-order valence-corrected chi connectivity index (χ0v) is 15.9. The van der Waals surface area contributed by atoms with Crippen LogP contribution in [0.2, 0.25) is 0 Å². The normalized spacial score (nSPS) is 15.7. The van der Waals surface area contributed by atoms with E-state index in [0.29, 0.717) is 12.4 Å². The van der Waals surface area contributed by atoms with E-state index >= 15 is 0 Å². The van der Waals surface area contributed by atoms with Crippen LogP contribution in [0.5, 0.6) is 5.75 Å². The van der Waals surface area contributed by atoms with Gasteiger partial charge in [-0.25, -0.2) is 4.98 Å². The Hall–Kier alpha value is -2.73. The number of ether oxygens (including phenoxy) is 1. The number of imidazole rings is 1. The molecule has 2 heterocycles. The van der Waals surface area contributed by atoms with Crippen LogP contribution in [0.15, 0.2) is 66.1 Å². The van der Waals surface area contributed by atoms with Crippen LogP contribution in [0.3, 0.4) is 0 Å². The minimum absolute atomic E-state index is 0.000400.